The quantitative estimate of drug-likeness (QED) is 0.244. The molecule has 34 heavy (non-hydrogen) atoms. The van der Waals surface area contributed by atoms with Crippen LogP contribution in [0.2, 0.25) is 0 Å². The molecule has 1 aromatic heterocycles. The van der Waals surface area contributed by atoms with E-state index in [1.807, 2.05) is 0 Å². The van der Waals surface area contributed by atoms with E-state index in [1.54, 1.807) is 6.07 Å². The Labute approximate surface area is 205 Å². The van der Waals surface area contributed by atoms with E-state index in [-0.39, 0.29) is 0 Å². The van der Waals surface area contributed by atoms with Crippen LogP contribution in [0.15, 0.2) is 23.3 Å². The van der Waals surface area contributed by atoms with E-state index < -0.39 is 36.3 Å². The lowest BCUT2D eigenvalue weighted by molar-refractivity contribution is -0.134. The molecule has 1 aliphatic heterocycles. The number of hydrogen-bond acceptors (Lipinski definition) is 6. The van der Waals surface area contributed by atoms with Crippen molar-refractivity contribution in [3.05, 3.63) is 28.9 Å². The lowest BCUT2D eigenvalue weighted by Crippen LogP contribution is -2.46. The minimum atomic E-state index is -1.30. The molecule has 2 heterocycles. The molecular weight excluding hydrogens is 432 g/mol. The van der Waals surface area contributed by atoms with Gasteiger partial charge in [-0.1, -0.05) is 110 Å². The highest BCUT2D eigenvalue weighted by Gasteiger charge is 2.54. The van der Waals surface area contributed by atoms with Crippen LogP contribution in [0, 0.1) is 0 Å². The Morgan fingerprint density at radius 3 is 1.85 bits per heavy atom. The zero-order chi connectivity index (χ0) is 24.7. The monoisotopic (exact) mass is 480 g/mol. The summed E-state index contributed by atoms with van der Waals surface area (Å²) < 4.78 is 7.05. The summed E-state index contributed by atoms with van der Waals surface area (Å²) in [5, 5.41) is 31.0. The van der Waals surface area contributed by atoms with Crippen molar-refractivity contribution in [1.82, 2.24) is 9.55 Å². The highest BCUT2D eigenvalue weighted by Crippen LogP contribution is 2.39. The van der Waals surface area contributed by atoms with Crippen LogP contribution in [-0.2, 0) is 4.74 Å². The first-order chi connectivity index (χ1) is 16.6. The van der Waals surface area contributed by atoms with Crippen molar-refractivity contribution in [1.29, 1.82) is 0 Å². The smallest absolute Gasteiger partial charge is 0.349 e. The molecule has 1 saturated heterocycles. The zero-order valence-electron chi connectivity index (χ0n) is 21.2. The molecule has 0 aromatic carbocycles. The fraction of sp³-hybridized carbons (Fsp3) is 0.852. The fourth-order valence-corrected chi connectivity index (χ4v) is 5.02. The summed E-state index contributed by atoms with van der Waals surface area (Å²) in [5.74, 6) is 0. The molecule has 0 aliphatic carbocycles. The Morgan fingerprint density at radius 2 is 1.38 bits per heavy atom. The molecule has 1 aliphatic rings. The average molecular weight is 481 g/mol. The van der Waals surface area contributed by atoms with Gasteiger partial charge in [0.1, 0.15) is 17.8 Å². The topological polar surface area (TPSA) is 105 Å². The first kappa shape index (κ1) is 29.0. The van der Waals surface area contributed by atoms with Crippen molar-refractivity contribution in [2.75, 3.05) is 6.61 Å². The van der Waals surface area contributed by atoms with Gasteiger partial charge in [0, 0.05) is 12.4 Å². The third-order valence-electron chi connectivity index (χ3n) is 7.24. The number of rotatable bonds is 19. The molecule has 1 fully saturated rings. The summed E-state index contributed by atoms with van der Waals surface area (Å²) in [6.45, 7) is 1.86. The van der Waals surface area contributed by atoms with Gasteiger partial charge in [-0.2, -0.15) is 0 Å². The van der Waals surface area contributed by atoms with Crippen LogP contribution in [0.3, 0.4) is 0 Å². The zero-order valence-corrected chi connectivity index (χ0v) is 21.2. The van der Waals surface area contributed by atoms with E-state index in [0.717, 1.165) is 19.3 Å². The average Bonchev–Trinajstić information content (AvgIpc) is 3.09. The number of nitrogens with zero attached hydrogens (tertiary/aromatic N) is 2. The maximum Gasteiger partial charge on any atom is 0.349 e. The minimum Gasteiger partial charge on any atom is -0.393 e. The van der Waals surface area contributed by atoms with Crippen LogP contribution < -0.4 is 5.69 Å². The van der Waals surface area contributed by atoms with Gasteiger partial charge >= 0.3 is 5.69 Å². The van der Waals surface area contributed by atoms with Gasteiger partial charge in [0.05, 0.1) is 6.61 Å². The SMILES string of the molecule is CCCCCCCCCCCCCCCCCC[C@]1(CO)O[C@@H](n2cccnc2=O)[C@@H](O)[C@@H]1O. The van der Waals surface area contributed by atoms with Crippen molar-refractivity contribution in [2.24, 2.45) is 0 Å². The van der Waals surface area contributed by atoms with E-state index in [0.29, 0.717) is 6.42 Å². The van der Waals surface area contributed by atoms with Crippen molar-refractivity contribution in [3.8, 4) is 0 Å². The normalized spacial score (nSPS) is 24.6. The van der Waals surface area contributed by atoms with Crippen LogP contribution in [0.25, 0.3) is 0 Å². The van der Waals surface area contributed by atoms with Crippen molar-refractivity contribution in [3.63, 3.8) is 0 Å². The molecule has 0 radical (unpaired) electrons. The van der Waals surface area contributed by atoms with Crippen molar-refractivity contribution < 1.29 is 20.1 Å². The van der Waals surface area contributed by atoms with Gasteiger partial charge in [0.2, 0.25) is 0 Å². The summed E-state index contributed by atoms with van der Waals surface area (Å²) >= 11 is 0. The number of aromatic nitrogens is 2. The number of ether oxygens (including phenoxy) is 1. The van der Waals surface area contributed by atoms with Crippen LogP contribution in [-0.4, -0.2) is 49.3 Å². The Morgan fingerprint density at radius 1 is 0.882 bits per heavy atom. The van der Waals surface area contributed by atoms with Crippen LogP contribution in [0.5, 0.6) is 0 Å². The van der Waals surface area contributed by atoms with Crippen molar-refractivity contribution in [2.45, 2.75) is 140 Å². The Hall–Kier alpha value is -1.28. The largest absolute Gasteiger partial charge is 0.393 e. The molecule has 7 nitrogen and oxygen atoms in total. The van der Waals surface area contributed by atoms with E-state index in [2.05, 4.69) is 11.9 Å². The van der Waals surface area contributed by atoms with Gasteiger partial charge in [-0.25, -0.2) is 9.78 Å². The Bertz CT molecular complexity index is 712. The van der Waals surface area contributed by atoms with E-state index in [9.17, 15) is 20.1 Å². The van der Waals surface area contributed by atoms with Gasteiger partial charge in [0.15, 0.2) is 6.23 Å². The Kier molecular flexibility index (Phi) is 14.0. The molecule has 7 heteroatoms. The molecule has 0 spiro atoms. The number of aliphatic hydroxyl groups is 3. The highest BCUT2D eigenvalue weighted by atomic mass is 16.6. The molecule has 3 N–H and O–H groups in total. The second kappa shape index (κ2) is 16.4. The standard InChI is InChI=1S/C27H48N2O5/c1-2-3-4-5-6-7-8-9-10-11-12-13-14-15-16-17-19-27(22-30)24(32)23(31)25(34-27)29-21-18-20-28-26(29)33/h18,20-21,23-25,30-32H,2-17,19,22H2,1H3/t23-,24-,25+,27+/m0/s1. The molecule has 0 unspecified atom stereocenters. The first-order valence-electron chi connectivity index (χ1n) is 13.7. The fourth-order valence-electron chi connectivity index (χ4n) is 5.02. The summed E-state index contributed by atoms with van der Waals surface area (Å²) in [5.41, 5.74) is -1.81. The molecule has 196 valence electrons. The van der Waals surface area contributed by atoms with Gasteiger partial charge in [-0.15, -0.1) is 0 Å². The maximum absolute atomic E-state index is 12.0. The molecular formula is C27H48N2O5. The van der Waals surface area contributed by atoms with Gasteiger partial charge in [-0.05, 0) is 12.5 Å². The molecule has 2 rings (SSSR count). The van der Waals surface area contributed by atoms with Crippen LogP contribution in [0.1, 0.15) is 122 Å². The lowest BCUT2D eigenvalue weighted by atomic mass is 9.89. The van der Waals surface area contributed by atoms with Crippen LogP contribution >= 0.6 is 0 Å². The molecule has 1 aromatic rings. The van der Waals surface area contributed by atoms with Gasteiger partial charge in [0.25, 0.3) is 0 Å². The van der Waals surface area contributed by atoms with Gasteiger partial charge in [-0.3, -0.25) is 4.57 Å². The third kappa shape index (κ3) is 9.06. The minimum absolute atomic E-state index is 0.407. The van der Waals surface area contributed by atoms with E-state index >= 15 is 0 Å². The van der Waals surface area contributed by atoms with Crippen molar-refractivity contribution >= 4 is 0 Å². The second-order valence-corrected chi connectivity index (χ2v) is 10.0. The lowest BCUT2D eigenvalue weighted by Gasteiger charge is -2.30. The number of aliphatic hydroxyl groups excluding tert-OH is 3. The molecule has 0 amide bonds. The Balaban J connectivity index is 1.54. The summed E-state index contributed by atoms with van der Waals surface area (Å²) in [4.78, 5) is 15.7. The molecule has 4 atom stereocenters. The van der Waals surface area contributed by atoms with Crippen LogP contribution in [0.4, 0.5) is 0 Å². The van der Waals surface area contributed by atoms with E-state index in [4.69, 9.17) is 4.74 Å². The molecule has 0 saturated carbocycles. The van der Waals surface area contributed by atoms with Gasteiger partial charge < -0.3 is 20.1 Å². The second-order valence-electron chi connectivity index (χ2n) is 10.0. The summed E-state index contributed by atoms with van der Waals surface area (Å²) in [6, 6.07) is 1.57. The predicted octanol–water partition coefficient (Wildman–Crippen LogP) is 4.88. The van der Waals surface area contributed by atoms with E-state index in [1.165, 1.54) is 100 Å². The predicted molar refractivity (Wildman–Crippen MR) is 135 cm³/mol. The summed E-state index contributed by atoms with van der Waals surface area (Å²) in [6.07, 6.45) is 20.1. The summed E-state index contributed by atoms with van der Waals surface area (Å²) in [7, 11) is 0. The highest BCUT2D eigenvalue weighted by molar-refractivity contribution is 5.01. The first-order valence-corrected chi connectivity index (χ1v) is 13.7. The number of unbranched alkanes of at least 4 members (excludes halogenated alkanes) is 15. The molecule has 0 bridgehead atoms. The maximum atomic E-state index is 12.0. The number of hydrogen-bond donors (Lipinski definition) is 3. The third-order valence-corrected chi connectivity index (χ3v) is 7.24.